The van der Waals surface area contributed by atoms with Gasteiger partial charge >= 0.3 is 0 Å². The molecule has 142 valence electrons. The van der Waals surface area contributed by atoms with Gasteiger partial charge in [0.25, 0.3) is 15.9 Å². The van der Waals surface area contributed by atoms with E-state index in [1.165, 1.54) is 0 Å². The molecule has 0 bridgehead atoms. The van der Waals surface area contributed by atoms with Crippen molar-refractivity contribution in [1.29, 1.82) is 0 Å². The zero-order valence-corrected chi connectivity index (χ0v) is 17.5. The largest absolute Gasteiger partial charge is 0.346 e. The van der Waals surface area contributed by atoms with Gasteiger partial charge in [0, 0.05) is 4.88 Å². The minimum absolute atomic E-state index is 0.175. The van der Waals surface area contributed by atoms with Crippen molar-refractivity contribution >= 4 is 43.7 Å². The maximum Gasteiger partial charge on any atom is 0.263 e. The van der Waals surface area contributed by atoms with Crippen molar-refractivity contribution in [1.82, 2.24) is 10.3 Å². The quantitative estimate of drug-likeness (QED) is 0.633. The Hall–Kier alpha value is -2.23. The van der Waals surface area contributed by atoms with Crippen molar-refractivity contribution in [2.75, 3.05) is 4.72 Å². The minimum Gasteiger partial charge on any atom is -0.346 e. The second kappa shape index (κ2) is 7.79. The van der Waals surface area contributed by atoms with Crippen LogP contribution >= 0.6 is 22.7 Å². The summed E-state index contributed by atoms with van der Waals surface area (Å²) in [5, 5.41) is 4.95. The first kappa shape index (κ1) is 19.5. The fraction of sp³-hybridized carbons (Fsp3) is 0.222. The molecule has 6 nitrogen and oxygen atoms in total. The Balaban J connectivity index is 1.76. The molecule has 3 rings (SSSR count). The van der Waals surface area contributed by atoms with Gasteiger partial charge in [-0.1, -0.05) is 35.1 Å². The number of aryl methyl sites for hydroxylation is 3. The molecular formula is C18H19N3O3S3. The molecule has 0 unspecified atom stereocenters. The van der Waals surface area contributed by atoms with Gasteiger partial charge in [0.2, 0.25) is 0 Å². The number of hydrogen-bond donors (Lipinski definition) is 2. The number of thiazole rings is 1. The Labute approximate surface area is 166 Å². The van der Waals surface area contributed by atoms with Crippen LogP contribution < -0.4 is 10.0 Å². The van der Waals surface area contributed by atoms with Gasteiger partial charge < -0.3 is 5.32 Å². The molecular weight excluding hydrogens is 402 g/mol. The summed E-state index contributed by atoms with van der Waals surface area (Å²) < 4.78 is 27.8. The van der Waals surface area contributed by atoms with Gasteiger partial charge in [0.15, 0.2) is 5.13 Å². The summed E-state index contributed by atoms with van der Waals surface area (Å²) in [5.74, 6) is -0.268. The summed E-state index contributed by atoms with van der Waals surface area (Å²) in [6.07, 6.45) is 0. The van der Waals surface area contributed by atoms with Crippen LogP contribution in [0.4, 0.5) is 5.13 Å². The molecule has 1 amide bonds. The SMILES string of the molecule is Cc1ccc(S(=O)(=O)Nc2nc(C)c(C(=O)NCc3cccs3)s2)c(C)c1. The number of anilines is 1. The number of amides is 1. The molecule has 0 fully saturated rings. The van der Waals surface area contributed by atoms with E-state index in [1.807, 2.05) is 30.5 Å². The lowest BCUT2D eigenvalue weighted by molar-refractivity contribution is 0.0954. The number of carbonyl (C=O) groups is 1. The van der Waals surface area contributed by atoms with Crippen LogP contribution in [0, 0.1) is 20.8 Å². The van der Waals surface area contributed by atoms with Crippen LogP contribution in [0.3, 0.4) is 0 Å². The lowest BCUT2D eigenvalue weighted by Crippen LogP contribution is -2.22. The summed E-state index contributed by atoms with van der Waals surface area (Å²) >= 11 is 2.58. The van der Waals surface area contributed by atoms with E-state index in [9.17, 15) is 13.2 Å². The maximum absolute atomic E-state index is 12.7. The number of benzene rings is 1. The third kappa shape index (κ3) is 4.55. The third-order valence-electron chi connectivity index (χ3n) is 3.85. The third-order valence-corrected chi connectivity index (χ3v) is 7.42. The molecule has 3 aromatic rings. The van der Waals surface area contributed by atoms with Gasteiger partial charge in [-0.3, -0.25) is 9.52 Å². The highest BCUT2D eigenvalue weighted by Gasteiger charge is 2.21. The number of rotatable bonds is 6. The molecule has 0 spiro atoms. The van der Waals surface area contributed by atoms with E-state index in [2.05, 4.69) is 15.0 Å². The Morgan fingerprint density at radius 1 is 1.19 bits per heavy atom. The lowest BCUT2D eigenvalue weighted by atomic mass is 10.2. The molecule has 1 aromatic carbocycles. The first-order chi connectivity index (χ1) is 12.8. The predicted molar refractivity (Wildman–Crippen MR) is 109 cm³/mol. The second-order valence-corrected chi connectivity index (χ2v) is 9.75. The average Bonchev–Trinajstić information content (AvgIpc) is 3.21. The Morgan fingerprint density at radius 3 is 2.63 bits per heavy atom. The Morgan fingerprint density at radius 2 is 1.96 bits per heavy atom. The summed E-state index contributed by atoms with van der Waals surface area (Å²) in [5.41, 5.74) is 2.13. The average molecular weight is 422 g/mol. The molecule has 0 saturated carbocycles. The van der Waals surface area contributed by atoms with E-state index < -0.39 is 10.0 Å². The fourth-order valence-electron chi connectivity index (χ4n) is 2.58. The van der Waals surface area contributed by atoms with Crippen LogP contribution in [0.2, 0.25) is 0 Å². The number of aromatic nitrogens is 1. The van der Waals surface area contributed by atoms with Crippen LogP contribution in [0.5, 0.6) is 0 Å². The Kier molecular flexibility index (Phi) is 5.64. The summed E-state index contributed by atoms with van der Waals surface area (Å²) in [7, 11) is -3.77. The monoisotopic (exact) mass is 421 g/mol. The van der Waals surface area contributed by atoms with Gasteiger partial charge in [0.05, 0.1) is 17.1 Å². The zero-order chi connectivity index (χ0) is 19.6. The first-order valence-corrected chi connectivity index (χ1v) is 11.3. The molecule has 2 aromatic heterocycles. The summed E-state index contributed by atoms with van der Waals surface area (Å²) in [4.78, 5) is 18.2. The van der Waals surface area contributed by atoms with Crippen LogP contribution in [-0.4, -0.2) is 19.3 Å². The van der Waals surface area contributed by atoms with Gasteiger partial charge in [-0.15, -0.1) is 11.3 Å². The number of nitrogens with zero attached hydrogens (tertiary/aromatic N) is 1. The van der Waals surface area contributed by atoms with Gasteiger partial charge in [0.1, 0.15) is 4.88 Å². The number of hydrogen-bond acceptors (Lipinski definition) is 6. The topological polar surface area (TPSA) is 88.2 Å². The van der Waals surface area contributed by atoms with Crippen molar-refractivity contribution in [3.63, 3.8) is 0 Å². The highest BCUT2D eigenvalue weighted by atomic mass is 32.2. The zero-order valence-electron chi connectivity index (χ0n) is 15.1. The van der Waals surface area contributed by atoms with Crippen LogP contribution in [-0.2, 0) is 16.6 Å². The molecule has 0 aliphatic rings. The van der Waals surface area contributed by atoms with Gasteiger partial charge in [-0.2, -0.15) is 0 Å². The minimum atomic E-state index is -3.77. The molecule has 27 heavy (non-hydrogen) atoms. The molecule has 0 aliphatic carbocycles. The predicted octanol–water partition coefficient (Wildman–Crippen LogP) is 3.86. The van der Waals surface area contributed by atoms with E-state index >= 15 is 0 Å². The number of carbonyl (C=O) groups excluding carboxylic acids is 1. The van der Waals surface area contributed by atoms with Crippen molar-refractivity contribution in [3.8, 4) is 0 Å². The standard InChI is InChI=1S/C18H19N3O3S3/c1-11-6-7-15(12(2)9-11)27(23,24)21-18-20-13(3)16(26-18)17(22)19-10-14-5-4-8-25-14/h4-9H,10H2,1-3H3,(H,19,22)(H,20,21). The molecule has 2 N–H and O–H groups in total. The first-order valence-electron chi connectivity index (χ1n) is 8.14. The van der Waals surface area contributed by atoms with Crippen molar-refractivity contribution < 1.29 is 13.2 Å². The van der Waals surface area contributed by atoms with Crippen LogP contribution in [0.15, 0.2) is 40.6 Å². The summed E-state index contributed by atoms with van der Waals surface area (Å²) in [6.45, 7) is 5.77. The second-order valence-electron chi connectivity index (χ2n) is 6.07. The molecule has 0 atom stereocenters. The number of sulfonamides is 1. The van der Waals surface area contributed by atoms with E-state index in [0.717, 1.165) is 21.8 Å². The van der Waals surface area contributed by atoms with Crippen molar-refractivity contribution in [2.24, 2.45) is 0 Å². The van der Waals surface area contributed by atoms with E-state index in [0.29, 0.717) is 22.7 Å². The van der Waals surface area contributed by atoms with E-state index in [-0.39, 0.29) is 15.9 Å². The lowest BCUT2D eigenvalue weighted by Gasteiger charge is -2.08. The molecule has 2 heterocycles. The van der Waals surface area contributed by atoms with Crippen LogP contribution in [0.1, 0.15) is 31.4 Å². The normalized spacial score (nSPS) is 11.4. The smallest absolute Gasteiger partial charge is 0.263 e. The molecule has 0 saturated heterocycles. The highest BCUT2D eigenvalue weighted by Crippen LogP contribution is 2.26. The van der Waals surface area contributed by atoms with E-state index in [1.54, 1.807) is 37.3 Å². The summed E-state index contributed by atoms with van der Waals surface area (Å²) in [6, 6.07) is 8.99. The van der Waals surface area contributed by atoms with Gasteiger partial charge in [-0.25, -0.2) is 13.4 Å². The van der Waals surface area contributed by atoms with Crippen LogP contribution in [0.25, 0.3) is 0 Å². The van der Waals surface area contributed by atoms with Crippen molar-refractivity contribution in [2.45, 2.75) is 32.2 Å². The highest BCUT2D eigenvalue weighted by molar-refractivity contribution is 7.93. The van der Waals surface area contributed by atoms with Gasteiger partial charge in [-0.05, 0) is 43.8 Å². The molecule has 0 radical (unpaired) electrons. The molecule has 0 aliphatic heterocycles. The van der Waals surface area contributed by atoms with E-state index in [4.69, 9.17) is 0 Å². The number of nitrogens with one attached hydrogen (secondary N) is 2. The number of thiophene rings is 1. The van der Waals surface area contributed by atoms with Crippen molar-refractivity contribution in [3.05, 3.63) is 62.3 Å². The fourth-order valence-corrected chi connectivity index (χ4v) is 5.57. The maximum atomic E-state index is 12.7. The Bertz CT molecular complexity index is 1070. The molecule has 9 heteroatoms.